The fraction of sp³-hybridized carbons (Fsp3) is 0. The average Bonchev–Trinajstić information content (AvgIpc) is 3.18. The van der Waals surface area contributed by atoms with Crippen molar-refractivity contribution in [1.82, 2.24) is 4.98 Å². The molecule has 1 heterocycles. The first-order valence-corrected chi connectivity index (χ1v) is 16.6. The number of fused-ring (bicyclic) bond motifs is 5. The van der Waals surface area contributed by atoms with Gasteiger partial charge in [0.1, 0.15) is 5.82 Å². The maximum Gasteiger partial charge on any atom is 0.123 e. The zero-order valence-electron chi connectivity index (χ0n) is 26.6. The topological polar surface area (TPSA) is 12.9 Å². The summed E-state index contributed by atoms with van der Waals surface area (Å²) in [7, 11) is 0. The van der Waals surface area contributed by atoms with Crippen molar-refractivity contribution in [1.29, 1.82) is 0 Å². The van der Waals surface area contributed by atoms with Crippen LogP contribution in [0.3, 0.4) is 0 Å². The molecule has 0 spiro atoms. The maximum absolute atomic E-state index is 14.0. The van der Waals surface area contributed by atoms with E-state index in [1.54, 1.807) is 0 Å². The van der Waals surface area contributed by atoms with Gasteiger partial charge in [-0.2, -0.15) is 0 Å². The van der Waals surface area contributed by atoms with Gasteiger partial charge in [0.25, 0.3) is 0 Å². The highest BCUT2D eigenvalue weighted by atomic mass is 19.1. The molecule has 0 fully saturated rings. The predicted molar refractivity (Wildman–Crippen MR) is 204 cm³/mol. The van der Waals surface area contributed by atoms with E-state index in [1.165, 1.54) is 56.3 Å². The molecule has 0 amide bonds. The highest BCUT2D eigenvalue weighted by Gasteiger charge is 2.17. The second-order valence-corrected chi connectivity index (χ2v) is 12.5. The van der Waals surface area contributed by atoms with E-state index in [-0.39, 0.29) is 5.82 Å². The smallest absolute Gasteiger partial charge is 0.123 e. The fourth-order valence-electron chi connectivity index (χ4n) is 7.07. The van der Waals surface area contributed by atoms with E-state index in [4.69, 9.17) is 4.98 Å². The Labute approximate surface area is 284 Å². The number of para-hydroxylation sites is 1. The van der Waals surface area contributed by atoms with Crippen LogP contribution in [0.5, 0.6) is 0 Å². The van der Waals surface area contributed by atoms with Crippen LogP contribution in [0.1, 0.15) is 0 Å². The second kappa shape index (κ2) is 12.0. The number of hydrogen-bond donors (Lipinski definition) is 0. The lowest BCUT2D eigenvalue weighted by Crippen LogP contribution is -1.93. The molecule has 0 aliphatic rings. The summed E-state index contributed by atoms with van der Waals surface area (Å²) in [4.78, 5) is 5.12. The van der Waals surface area contributed by atoms with E-state index >= 15 is 0 Å². The third-order valence-electron chi connectivity index (χ3n) is 9.56. The molecule has 49 heavy (non-hydrogen) atoms. The second-order valence-electron chi connectivity index (χ2n) is 12.5. The summed E-state index contributed by atoms with van der Waals surface area (Å²) in [6.45, 7) is 0. The molecule has 0 aliphatic carbocycles. The minimum absolute atomic E-state index is 0.257. The molecule has 0 bridgehead atoms. The zero-order valence-corrected chi connectivity index (χ0v) is 26.6. The van der Waals surface area contributed by atoms with E-state index in [0.717, 1.165) is 44.1 Å². The highest BCUT2D eigenvalue weighted by Crippen LogP contribution is 2.42. The van der Waals surface area contributed by atoms with Gasteiger partial charge in [-0.15, -0.1) is 0 Å². The van der Waals surface area contributed by atoms with Crippen molar-refractivity contribution in [3.63, 3.8) is 0 Å². The van der Waals surface area contributed by atoms with Gasteiger partial charge in [-0.1, -0.05) is 146 Å². The van der Waals surface area contributed by atoms with Crippen LogP contribution < -0.4 is 0 Å². The Bertz CT molecular complexity index is 2610. The van der Waals surface area contributed by atoms with Crippen LogP contribution in [-0.2, 0) is 0 Å². The van der Waals surface area contributed by atoms with Gasteiger partial charge in [0.15, 0.2) is 0 Å². The van der Waals surface area contributed by atoms with Crippen LogP contribution in [-0.4, -0.2) is 4.98 Å². The predicted octanol–water partition coefficient (Wildman–Crippen LogP) is 13.0. The molecule has 230 valence electrons. The Balaban J connectivity index is 1.10. The van der Waals surface area contributed by atoms with Gasteiger partial charge in [-0.3, -0.25) is 0 Å². The number of rotatable bonds is 5. The first-order valence-electron chi connectivity index (χ1n) is 16.6. The van der Waals surface area contributed by atoms with Crippen LogP contribution in [0.2, 0.25) is 0 Å². The minimum Gasteiger partial charge on any atom is -0.247 e. The summed E-state index contributed by atoms with van der Waals surface area (Å²) >= 11 is 0. The van der Waals surface area contributed by atoms with Crippen LogP contribution >= 0.6 is 0 Å². The van der Waals surface area contributed by atoms with Gasteiger partial charge in [-0.25, -0.2) is 9.37 Å². The van der Waals surface area contributed by atoms with Crippen molar-refractivity contribution in [3.8, 4) is 55.8 Å². The molecule has 0 unspecified atom stereocenters. The van der Waals surface area contributed by atoms with E-state index < -0.39 is 0 Å². The van der Waals surface area contributed by atoms with Gasteiger partial charge in [-0.05, 0) is 91.7 Å². The Morgan fingerprint density at radius 3 is 1.33 bits per heavy atom. The number of aromatic nitrogens is 1. The first-order chi connectivity index (χ1) is 24.2. The quantitative estimate of drug-likeness (QED) is 0.173. The number of nitrogens with zero attached hydrogens (tertiary/aromatic N) is 1. The maximum atomic E-state index is 14.0. The summed E-state index contributed by atoms with van der Waals surface area (Å²) < 4.78 is 14.0. The number of benzene rings is 8. The molecule has 9 rings (SSSR count). The Hall–Kier alpha value is -6.38. The molecule has 9 aromatic rings. The number of hydrogen-bond acceptors (Lipinski definition) is 1. The highest BCUT2D eigenvalue weighted by molar-refractivity contribution is 6.25. The minimum atomic E-state index is -0.257. The first kappa shape index (κ1) is 28.8. The molecule has 0 radical (unpaired) electrons. The zero-order chi connectivity index (χ0) is 32.7. The SMILES string of the molecule is Fc1ccc(-c2nc3ccccc3c3c2cc(-c2ccc(-c4ccc(-c5ccc(-c6ccccc6)cc5)cc4)cc2)c2ccccc23)cc1. The number of halogens is 1. The molecule has 0 N–H and O–H groups in total. The van der Waals surface area contributed by atoms with Crippen molar-refractivity contribution in [3.05, 3.63) is 188 Å². The van der Waals surface area contributed by atoms with Crippen LogP contribution in [0.25, 0.3) is 88.2 Å². The van der Waals surface area contributed by atoms with Crippen molar-refractivity contribution in [2.75, 3.05) is 0 Å². The van der Waals surface area contributed by atoms with E-state index in [1.807, 2.05) is 24.3 Å². The van der Waals surface area contributed by atoms with Gasteiger partial charge in [0.05, 0.1) is 11.2 Å². The molecule has 8 aromatic carbocycles. The third kappa shape index (κ3) is 5.24. The Morgan fingerprint density at radius 2 is 0.755 bits per heavy atom. The molecule has 0 atom stereocenters. The van der Waals surface area contributed by atoms with E-state index in [2.05, 4.69) is 146 Å². The largest absolute Gasteiger partial charge is 0.247 e. The molecular formula is C47H30FN. The average molecular weight is 628 g/mol. The van der Waals surface area contributed by atoms with Gasteiger partial charge in [0, 0.05) is 21.7 Å². The molecular weight excluding hydrogens is 598 g/mol. The van der Waals surface area contributed by atoms with Crippen LogP contribution in [0.15, 0.2) is 182 Å². The van der Waals surface area contributed by atoms with Gasteiger partial charge in [0.2, 0.25) is 0 Å². The molecule has 0 aliphatic heterocycles. The van der Waals surface area contributed by atoms with Crippen molar-refractivity contribution >= 4 is 32.4 Å². The fourth-order valence-corrected chi connectivity index (χ4v) is 7.07. The summed E-state index contributed by atoms with van der Waals surface area (Å²) in [5.74, 6) is -0.257. The van der Waals surface area contributed by atoms with E-state index in [0.29, 0.717) is 0 Å². The summed E-state index contributed by atoms with van der Waals surface area (Å²) in [5, 5.41) is 5.68. The van der Waals surface area contributed by atoms with Gasteiger partial charge >= 0.3 is 0 Å². The van der Waals surface area contributed by atoms with Crippen molar-refractivity contribution < 1.29 is 4.39 Å². The standard InChI is InChI=1S/C47H30FN/c48-39-28-26-38(27-29-39)47-44-30-43(40-10-4-5-11-41(40)46(44)42-12-6-7-13-45(42)49-47)37-24-22-36(23-25-37)35-20-18-34(19-21-35)33-16-14-32(15-17-33)31-8-2-1-3-9-31/h1-30H. The lowest BCUT2D eigenvalue weighted by atomic mass is 9.89. The van der Waals surface area contributed by atoms with Crippen molar-refractivity contribution in [2.24, 2.45) is 0 Å². The van der Waals surface area contributed by atoms with E-state index in [9.17, 15) is 4.39 Å². The lowest BCUT2D eigenvalue weighted by molar-refractivity contribution is 0.628. The monoisotopic (exact) mass is 627 g/mol. The molecule has 0 saturated heterocycles. The third-order valence-corrected chi connectivity index (χ3v) is 9.56. The number of pyridine rings is 1. The Morgan fingerprint density at radius 1 is 0.327 bits per heavy atom. The Kier molecular flexibility index (Phi) is 7.06. The van der Waals surface area contributed by atoms with Crippen LogP contribution in [0.4, 0.5) is 4.39 Å². The van der Waals surface area contributed by atoms with Crippen molar-refractivity contribution in [2.45, 2.75) is 0 Å². The molecule has 2 heteroatoms. The molecule has 1 aromatic heterocycles. The van der Waals surface area contributed by atoms with Gasteiger partial charge < -0.3 is 0 Å². The molecule has 1 nitrogen and oxygen atoms in total. The molecule has 0 saturated carbocycles. The lowest BCUT2D eigenvalue weighted by Gasteiger charge is -2.16. The summed E-state index contributed by atoms with van der Waals surface area (Å²) in [6, 6.07) is 62.7. The summed E-state index contributed by atoms with van der Waals surface area (Å²) in [6.07, 6.45) is 0. The van der Waals surface area contributed by atoms with Crippen LogP contribution in [0, 0.1) is 5.82 Å². The summed E-state index contributed by atoms with van der Waals surface area (Å²) in [5.41, 5.74) is 12.1. The normalized spacial score (nSPS) is 11.4.